The van der Waals surface area contributed by atoms with Crippen LogP contribution in [0.5, 0.6) is 0 Å². The van der Waals surface area contributed by atoms with E-state index in [1.807, 2.05) is 11.3 Å². The van der Waals surface area contributed by atoms with Gasteiger partial charge in [-0.15, -0.1) is 0 Å². The molecule has 1 aromatic heterocycles. The predicted molar refractivity (Wildman–Crippen MR) is 69.7 cm³/mol. The van der Waals surface area contributed by atoms with Crippen LogP contribution in [-0.4, -0.2) is 33.6 Å². The molecule has 2 aliphatic rings. The monoisotopic (exact) mass is 352 g/mol. The summed E-state index contributed by atoms with van der Waals surface area (Å²) in [6.45, 7) is 1.06. The Labute approximate surface area is 112 Å². The molecule has 3 rings (SSSR count). The Morgan fingerprint density at radius 2 is 2.31 bits per heavy atom. The van der Waals surface area contributed by atoms with Crippen LogP contribution in [-0.2, 0) is 4.74 Å². The second kappa shape index (κ2) is 5.40. The molecule has 1 aliphatic carbocycles. The van der Waals surface area contributed by atoms with Crippen LogP contribution in [0.25, 0.3) is 0 Å². The minimum atomic E-state index is 0.0736. The molecular formula is C13H18OSTe. The summed E-state index contributed by atoms with van der Waals surface area (Å²) >= 11 is 2.03. The molecule has 1 unspecified atom stereocenters. The fourth-order valence-corrected chi connectivity index (χ4v) is 7.54. The first-order valence-electron chi connectivity index (χ1n) is 6.21. The maximum absolute atomic E-state index is 5.96. The molecule has 0 radical (unpaired) electrons. The molecule has 1 saturated heterocycles. The standard InChI is InChI=1S/C13H18OSTe/c1-2-5-12-11(4-1)10(8-14-12)9-16-13-6-3-7-15-13/h3,6-7,10-12H,1-2,4-5,8-9H2/t10?,11-,12-/m1/s1. The summed E-state index contributed by atoms with van der Waals surface area (Å²) < 4.78 is 9.10. The van der Waals surface area contributed by atoms with Gasteiger partial charge in [-0.1, -0.05) is 0 Å². The van der Waals surface area contributed by atoms with Crippen molar-refractivity contribution in [3.8, 4) is 0 Å². The van der Waals surface area contributed by atoms with Gasteiger partial charge in [0.2, 0.25) is 0 Å². The van der Waals surface area contributed by atoms with Gasteiger partial charge in [0, 0.05) is 0 Å². The molecule has 1 aromatic rings. The third-order valence-corrected chi connectivity index (χ3v) is 8.99. The van der Waals surface area contributed by atoms with E-state index in [0.29, 0.717) is 6.10 Å². The van der Waals surface area contributed by atoms with Gasteiger partial charge in [0.25, 0.3) is 0 Å². The van der Waals surface area contributed by atoms with E-state index in [1.54, 1.807) is 2.93 Å². The topological polar surface area (TPSA) is 9.23 Å². The molecule has 3 heteroatoms. The van der Waals surface area contributed by atoms with E-state index in [4.69, 9.17) is 4.74 Å². The Kier molecular flexibility index (Phi) is 3.89. The van der Waals surface area contributed by atoms with Crippen LogP contribution in [0.3, 0.4) is 0 Å². The molecule has 1 nitrogen and oxygen atoms in total. The van der Waals surface area contributed by atoms with Crippen LogP contribution in [0.2, 0.25) is 4.47 Å². The molecule has 2 heterocycles. The van der Waals surface area contributed by atoms with Crippen LogP contribution in [0, 0.1) is 11.8 Å². The van der Waals surface area contributed by atoms with Crippen LogP contribution >= 0.6 is 11.3 Å². The number of hydrogen-bond donors (Lipinski definition) is 0. The number of ether oxygens (including phenoxy) is 1. The van der Waals surface area contributed by atoms with Crippen molar-refractivity contribution >= 4 is 35.2 Å². The van der Waals surface area contributed by atoms with Crippen molar-refractivity contribution in [3.63, 3.8) is 0 Å². The van der Waals surface area contributed by atoms with Crippen molar-refractivity contribution in [1.29, 1.82) is 0 Å². The Hall–Kier alpha value is 0.450. The van der Waals surface area contributed by atoms with Gasteiger partial charge in [-0.3, -0.25) is 0 Å². The third-order valence-electron chi connectivity index (χ3n) is 3.82. The summed E-state index contributed by atoms with van der Waals surface area (Å²) in [6, 6.07) is 4.51. The van der Waals surface area contributed by atoms with Gasteiger partial charge < -0.3 is 0 Å². The van der Waals surface area contributed by atoms with E-state index in [-0.39, 0.29) is 20.9 Å². The van der Waals surface area contributed by atoms with Gasteiger partial charge in [0.15, 0.2) is 0 Å². The Morgan fingerprint density at radius 3 is 3.19 bits per heavy atom. The average molecular weight is 350 g/mol. The quantitative estimate of drug-likeness (QED) is 0.762. The van der Waals surface area contributed by atoms with Crippen molar-refractivity contribution < 1.29 is 4.74 Å². The van der Waals surface area contributed by atoms with Crippen LogP contribution in [0.15, 0.2) is 17.5 Å². The van der Waals surface area contributed by atoms with Gasteiger partial charge >= 0.3 is 112 Å². The van der Waals surface area contributed by atoms with Crippen LogP contribution < -0.4 is 2.93 Å². The van der Waals surface area contributed by atoms with E-state index in [1.165, 1.54) is 30.2 Å². The molecule has 2 fully saturated rings. The zero-order chi connectivity index (χ0) is 10.8. The summed E-state index contributed by atoms with van der Waals surface area (Å²) in [5.74, 6) is 1.81. The maximum atomic E-state index is 5.96. The summed E-state index contributed by atoms with van der Waals surface area (Å²) in [7, 11) is 0. The van der Waals surface area contributed by atoms with Gasteiger partial charge in [0.05, 0.1) is 0 Å². The van der Waals surface area contributed by atoms with Crippen LogP contribution in [0.4, 0.5) is 0 Å². The number of fused-ring (bicyclic) bond motifs is 1. The van der Waals surface area contributed by atoms with E-state index in [2.05, 4.69) is 17.5 Å². The van der Waals surface area contributed by atoms with Crippen molar-refractivity contribution in [3.05, 3.63) is 17.5 Å². The zero-order valence-electron chi connectivity index (χ0n) is 9.43. The van der Waals surface area contributed by atoms with Crippen molar-refractivity contribution in [1.82, 2.24) is 0 Å². The van der Waals surface area contributed by atoms with Crippen LogP contribution in [0.1, 0.15) is 25.7 Å². The first-order valence-corrected chi connectivity index (χ1v) is 9.90. The minimum absolute atomic E-state index is 0.0736. The van der Waals surface area contributed by atoms with E-state index in [0.717, 1.165) is 18.4 Å². The van der Waals surface area contributed by atoms with Gasteiger partial charge in [-0.25, -0.2) is 0 Å². The molecule has 1 saturated carbocycles. The molecule has 0 amide bonds. The van der Waals surface area contributed by atoms with Gasteiger partial charge in [-0.05, 0) is 0 Å². The second-order valence-electron chi connectivity index (χ2n) is 4.82. The zero-order valence-corrected chi connectivity index (χ0v) is 12.6. The molecule has 3 atom stereocenters. The van der Waals surface area contributed by atoms with Gasteiger partial charge in [-0.2, -0.15) is 0 Å². The summed E-state index contributed by atoms with van der Waals surface area (Å²) in [5, 5.41) is 2.22. The van der Waals surface area contributed by atoms with Crippen molar-refractivity contribution in [2.45, 2.75) is 36.3 Å². The SMILES string of the molecule is c1csc([Te]CC2CO[C@@H]3CCCC[C@H]23)c1. The molecule has 0 bridgehead atoms. The molecule has 0 aromatic carbocycles. The first-order chi connectivity index (χ1) is 7.93. The summed E-state index contributed by atoms with van der Waals surface area (Å²) in [4.78, 5) is 0. The predicted octanol–water partition coefficient (Wildman–Crippen LogP) is 2.70. The number of rotatable bonds is 3. The number of thiophene rings is 1. The second-order valence-corrected chi connectivity index (χ2v) is 9.61. The molecule has 0 spiro atoms. The van der Waals surface area contributed by atoms with Crippen molar-refractivity contribution in [2.75, 3.05) is 6.61 Å². The fourth-order valence-electron chi connectivity index (χ4n) is 2.95. The normalized spacial score (nSPS) is 33.9. The molecule has 16 heavy (non-hydrogen) atoms. The Balaban J connectivity index is 1.55. The average Bonchev–Trinajstić information content (AvgIpc) is 2.96. The molecular weight excluding hydrogens is 332 g/mol. The third kappa shape index (κ3) is 2.48. The Bertz CT molecular complexity index is 325. The van der Waals surface area contributed by atoms with E-state index in [9.17, 15) is 0 Å². The van der Waals surface area contributed by atoms with Gasteiger partial charge in [0.1, 0.15) is 0 Å². The summed E-state index contributed by atoms with van der Waals surface area (Å²) in [5.41, 5.74) is 0. The van der Waals surface area contributed by atoms with E-state index < -0.39 is 0 Å². The first kappa shape index (κ1) is 11.5. The summed E-state index contributed by atoms with van der Waals surface area (Å²) in [6.07, 6.45) is 6.25. The fraction of sp³-hybridized carbons (Fsp3) is 0.692. The van der Waals surface area contributed by atoms with E-state index >= 15 is 0 Å². The molecule has 1 aliphatic heterocycles. The molecule has 88 valence electrons. The molecule has 0 N–H and O–H groups in total. The van der Waals surface area contributed by atoms with Crippen molar-refractivity contribution in [2.24, 2.45) is 11.8 Å². The number of hydrogen-bond acceptors (Lipinski definition) is 2. The Morgan fingerprint density at radius 1 is 1.38 bits per heavy atom.